The van der Waals surface area contributed by atoms with Crippen LogP contribution in [0.2, 0.25) is 0 Å². The van der Waals surface area contributed by atoms with Gasteiger partial charge in [-0.2, -0.15) is 0 Å². The number of amides is 1. The molecule has 1 aromatic heterocycles. The highest BCUT2D eigenvalue weighted by atomic mass is 16.5. The number of carbonyl (C=O) groups is 1. The van der Waals surface area contributed by atoms with Crippen LogP contribution in [0.4, 0.5) is 0 Å². The maximum absolute atomic E-state index is 11.9. The van der Waals surface area contributed by atoms with Crippen molar-refractivity contribution >= 4 is 5.91 Å². The summed E-state index contributed by atoms with van der Waals surface area (Å²) in [4.78, 5) is 18.2. The summed E-state index contributed by atoms with van der Waals surface area (Å²) in [6.07, 6.45) is 1.61. The predicted molar refractivity (Wildman–Crippen MR) is 71.7 cm³/mol. The number of morpholine rings is 1. The Bertz CT molecular complexity index is 419. The van der Waals surface area contributed by atoms with Gasteiger partial charge in [0.2, 0.25) is 0 Å². The van der Waals surface area contributed by atoms with Gasteiger partial charge in [-0.3, -0.25) is 14.7 Å². The van der Waals surface area contributed by atoms with Gasteiger partial charge in [-0.15, -0.1) is 0 Å². The zero-order valence-electron chi connectivity index (χ0n) is 11.0. The number of hydrogen-bond acceptors (Lipinski definition) is 5. The monoisotopic (exact) mass is 264 g/mol. The molecule has 0 unspecified atom stereocenters. The number of pyridine rings is 1. The molecule has 1 aromatic rings. The van der Waals surface area contributed by atoms with Crippen LogP contribution in [0, 0.1) is 0 Å². The van der Waals surface area contributed by atoms with Crippen molar-refractivity contribution in [3.63, 3.8) is 0 Å². The number of carbonyl (C=O) groups excluding carboxylic acids is 1. The molecule has 0 bridgehead atoms. The maximum Gasteiger partial charge on any atom is 0.269 e. The van der Waals surface area contributed by atoms with E-state index in [1.807, 2.05) is 6.07 Å². The van der Waals surface area contributed by atoms with Crippen molar-refractivity contribution in [2.75, 3.05) is 39.4 Å². The number of hydrogen-bond donors (Lipinski definition) is 2. The largest absolute Gasteiger partial charge is 0.379 e. The second-order valence-corrected chi connectivity index (χ2v) is 4.46. The molecule has 1 aliphatic rings. The third-order valence-electron chi connectivity index (χ3n) is 3.11. The van der Waals surface area contributed by atoms with Crippen molar-refractivity contribution in [1.29, 1.82) is 0 Å². The van der Waals surface area contributed by atoms with E-state index in [-0.39, 0.29) is 5.91 Å². The zero-order chi connectivity index (χ0) is 13.5. The first kappa shape index (κ1) is 13.9. The molecule has 0 aliphatic carbocycles. The Kier molecular flexibility index (Phi) is 5.26. The minimum absolute atomic E-state index is 0.149. The molecule has 0 saturated carbocycles. The Balaban J connectivity index is 1.77. The molecule has 1 fully saturated rings. The fourth-order valence-corrected chi connectivity index (χ4v) is 1.97. The lowest BCUT2D eigenvalue weighted by Crippen LogP contribution is -2.41. The predicted octanol–water partition coefficient (Wildman–Crippen LogP) is -0.398. The Labute approximate surface area is 112 Å². The normalized spacial score (nSPS) is 16.3. The summed E-state index contributed by atoms with van der Waals surface area (Å²) < 4.78 is 5.27. The van der Waals surface area contributed by atoms with Gasteiger partial charge in [0.25, 0.3) is 5.91 Å². The van der Waals surface area contributed by atoms with Crippen LogP contribution in [0.3, 0.4) is 0 Å². The smallest absolute Gasteiger partial charge is 0.269 e. The van der Waals surface area contributed by atoms with E-state index in [9.17, 15) is 4.79 Å². The lowest BCUT2D eigenvalue weighted by atomic mass is 10.2. The van der Waals surface area contributed by atoms with Gasteiger partial charge in [-0.25, -0.2) is 0 Å². The molecule has 0 aromatic carbocycles. The summed E-state index contributed by atoms with van der Waals surface area (Å²) in [5.41, 5.74) is 6.87. The first-order chi connectivity index (χ1) is 9.29. The van der Waals surface area contributed by atoms with Crippen LogP contribution < -0.4 is 11.1 Å². The van der Waals surface area contributed by atoms with Crippen LogP contribution in [0.5, 0.6) is 0 Å². The molecule has 1 amide bonds. The number of aromatic nitrogens is 1. The highest BCUT2D eigenvalue weighted by Gasteiger charge is 2.11. The van der Waals surface area contributed by atoms with Gasteiger partial charge in [0.1, 0.15) is 5.69 Å². The van der Waals surface area contributed by atoms with Crippen molar-refractivity contribution in [1.82, 2.24) is 15.2 Å². The maximum atomic E-state index is 11.9. The summed E-state index contributed by atoms with van der Waals surface area (Å²) >= 11 is 0. The fourth-order valence-electron chi connectivity index (χ4n) is 1.97. The molecule has 1 saturated heterocycles. The Morgan fingerprint density at radius 3 is 3.00 bits per heavy atom. The first-order valence-electron chi connectivity index (χ1n) is 6.53. The summed E-state index contributed by atoms with van der Waals surface area (Å²) in [5, 5.41) is 2.87. The molecule has 2 heterocycles. The van der Waals surface area contributed by atoms with E-state index >= 15 is 0 Å². The van der Waals surface area contributed by atoms with Crippen LogP contribution in [0.25, 0.3) is 0 Å². The summed E-state index contributed by atoms with van der Waals surface area (Å²) in [6, 6.07) is 3.54. The van der Waals surface area contributed by atoms with Crippen molar-refractivity contribution in [2.24, 2.45) is 5.73 Å². The number of ether oxygens (including phenoxy) is 1. The van der Waals surface area contributed by atoms with Gasteiger partial charge in [-0.05, 0) is 17.7 Å². The van der Waals surface area contributed by atoms with Crippen LogP contribution in [0.15, 0.2) is 18.3 Å². The fraction of sp³-hybridized carbons (Fsp3) is 0.538. The van der Waals surface area contributed by atoms with Crippen molar-refractivity contribution in [3.8, 4) is 0 Å². The quantitative estimate of drug-likeness (QED) is 0.756. The van der Waals surface area contributed by atoms with E-state index in [2.05, 4.69) is 15.2 Å². The SMILES string of the molecule is NCc1ccnc(C(=O)NCCN2CCOCC2)c1. The van der Waals surface area contributed by atoms with Crippen molar-refractivity contribution in [2.45, 2.75) is 6.54 Å². The topological polar surface area (TPSA) is 80.5 Å². The van der Waals surface area contributed by atoms with Crippen LogP contribution in [0.1, 0.15) is 16.1 Å². The minimum Gasteiger partial charge on any atom is -0.379 e. The first-order valence-corrected chi connectivity index (χ1v) is 6.53. The Morgan fingerprint density at radius 1 is 1.47 bits per heavy atom. The van der Waals surface area contributed by atoms with Crippen LogP contribution >= 0.6 is 0 Å². The lowest BCUT2D eigenvalue weighted by molar-refractivity contribution is 0.0383. The van der Waals surface area contributed by atoms with E-state index in [1.165, 1.54) is 0 Å². The molecule has 3 N–H and O–H groups in total. The van der Waals surface area contributed by atoms with Gasteiger partial charge in [0.15, 0.2) is 0 Å². The van der Waals surface area contributed by atoms with Gasteiger partial charge < -0.3 is 15.8 Å². The second kappa shape index (κ2) is 7.18. The third kappa shape index (κ3) is 4.27. The molecular formula is C13H20N4O2. The van der Waals surface area contributed by atoms with Gasteiger partial charge in [0.05, 0.1) is 13.2 Å². The molecule has 104 valence electrons. The van der Waals surface area contributed by atoms with E-state index in [1.54, 1.807) is 12.3 Å². The minimum atomic E-state index is -0.149. The Hall–Kier alpha value is -1.50. The van der Waals surface area contributed by atoms with Gasteiger partial charge >= 0.3 is 0 Å². The second-order valence-electron chi connectivity index (χ2n) is 4.46. The molecule has 1 aliphatic heterocycles. The van der Waals surface area contributed by atoms with E-state index in [0.29, 0.717) is 18.8 Å². The molecule has 6 heteroatoms. The molecule has 6 nitrogen and oxygen atoms in total. The van der Waals surface area contributed by atoms with Crippen LogP contribution in [-0.2, 0) is 11.3 Å². The molecule has 0 radical (unpaired) electrons. The average Bonchev–Trinajstić information content (AvgIpc) is 2.48. The Morgan fingerprint density at radius 2 is 2.26 bits per heavy atom. The highest BCUT2D eigenvalue weighted by molar-refractivity contribution is 5.92. The summed E-state index contributed by atoms with van der Waals surface area (Å²) in [6.45, 7) is 5.27. The number of nitrogens with zero attached hydrogens (tertiary/aromatic N) is 2. The molecule has 0 spiro atoms. The van der Waals surface area contributed by atoms with Crippen molar-refractivity contribution < 1.29 is 9.53 Å². The number of nitrogens with one attached hydrogen (secondary N) is 1. The molecule has 19 heavy (non-hydrogen) atoms. The molecule has 0 atom stereocenters. The number of rotatable bonds is 5. The van der Waals surface area contributed by atoms with Crippen LogP contribution in [-0.4, -0.2) is 55.2 Å². The summed E-state index contributed by atoms with van der Waals surface area (Å²) in [5.74, 6) is -0.149. The van der Waals surface area contributed by atoms with E-state index < -0.39 is 0 Å². The third-order valence-corrected chi connectivity index (χ3v) is 3.11. The average molecular weight is 264 g/mol. The van der Waals surface area contributed by atoms with Crippen molar-refractivity contribution in [3.05, 3.63) is 29.6 Å². The highest BCUT2D eigenvalue weighted by Crippen LogP contribution is 2.01. The van der Waals surface area contributed by atoms with E-state index in [0.717, 1.165) is 38.4 Å². The zero-order valence-corrected chi connectivity index (χ0v) is 11.0. The van der Waals surface area contributed by atoms with Gasteiger partial charge in [-0.1, -0.05) is 0 Å². The standard InChI is InChI=1S/C13H20N4O2/c14-10-11-1-2-15-12(9-11)13(18)16-3-4-17-5-7-19-8-6-17/h1-2,9H,3-8,10,14H2,(H,16,18). The summed E-state index contributed by atoms with van der Waals surface area (Å²) in [7, 11) is 0. The van der Waals surface area contributed by atoms with Gasteiger partial charge in [0, 0.05) is 38.9 Å². The number of nitrogens with two attached hydrogens (primary N) is 1. The molecular weight excluding hydrogens is 244 g/mol. The lowest BCUT2D eigenvalue weighted by Gasteiger charge is -2.26. The van der Waals surface area contributed by atoms with E-state index in [4.69, 9.17) is 10.5 Å². The molecule has 2 rings (SSSR count).